The van der Waals surface area contributed by atoms with E-state index in [0.717, 1.165) is 19.3 Å². The molecule has 4 N–H and O–H groups in total. The summed E-state index contributed by atoms with van der Waals surface area (Å²) in [5.41, 5.74) is 5.87. The Balaban J connectivity index is 1.80. The SMILES string of the molecule is CC12CC3CC(C)(C1)CC(C(=O)NCC(N)=NO)(C3)C2. The molecule has 4 fully saturated rings. The highest BCUT2D eigenvalue weighted by Crippen LogP contribution is 2.69. The van der Waals surface area contributed by atoms with Crippen molar-refractivity contribution in [1.29, 1.82) is 0 Å². The fourth-order valence-corrected chi connectivity index (χ4v) is 6.09. The Morgan fingerprint density at radius 3 is 2.35 bits per heavy atom. The third-order valence-electron chi connectivity index (χ3n) is 5.67. The number of oxime groups is 1. The molecule has 0 spiro atoms. The smallest absolute Gasteiger partial charge is 0.226 e. The molecule has 4 bridgehead atoms. The summed E-state index contributed by atoms with van der Waals surface area (Å²) in [5.74, 6) is 0.849. The molecule has 2 unspecified atom stereocenters. The van der Waals surface area contributed by atoms with Crippen molar-refractivity contribution in [3.8, 4) is 0 Å². The first-order chi connectivity index (χ1) is 9.28. The maximum Gasteiger partial charge on any atom is 0.226 e. The quantitative estimate of drug-likeness (QED) is 0.319. The molecule has 0 aromatic heterocycles. The van der Waals surface area contributed by atoms with Crippen LogP contribution >= 0.6 is 0 Å². The highest BCUT2D eigenvalue weighted by molar-refractivity contribution is 5.89. The molecule has 20 heavy (non-hydrogen) atoms. The summed E-state index contributed by atoms with van der Waals surface area (Å²) in [6.07, 6.45) is 6.81. The average Bonchev–Trinajstić information content (AvgIpc) is 2.30. The first-order valence-corrected chi connectivity index (χ1v) is 7.53. The Morgan fingerprint density at radius 1 is 1.25 bits per heavy atom. The van der Waals surface area contributed by atoms with Crippen molar-refractivity contribution < 1.29 is 10.0 Å². The minimum absolute atomic E-state index is 0.0560. The number of nitrogens with two attached hydrogens (primary N) is 1. The molecule has 4 rings (SSSR count). The summed E-state index contributed by atoms with van der Waals surface area (Å²) in [4.78, 5) is 12.7. The number of hydrogen-bond acceptors (Lipinski definition) is 3. The first kappa shape index (κ1) is 13.7. The first-order valence-electron chi connectivity index (χ1n) is 7.53. The number of amides is 1. The van der Waals surface area contributed by atoms with E-state index in [9.17, 15) is 4.79 Å². The van der Waals surface area contributed by atoms with Gasteiger partial charge in [-0.05, 0) is 55.3 Å². The zero-order valence-electron chi connectivity index (χ0n) is 12.4. The molecule has 5 nitrogen and oxygen atoms in total. The van der Waals surface area contributed by atoms with Gasteiger partial charge in [0.25, 0.3) is 0 Å². The second-order valence-corrected chi connectivity index (χ2v) is 8.18. The van der Waals surface area contributed by atoms with Crippen LogP contribution in [0, 0.1) is 22.2 Å². The summed E-state index contributed by atoms with van der Waals surface area (Å²) in [7, 11) is 0. The lowest BCUT2D eigenvalue weighted by molar-refractivity contribution is -0.169. The Labute approximate surface area is 120 Å². The molecule has 5 heteroatoms. The number of rotatable bonds is 3. The summed E-state index contributed by atoms with van der Waals surface area (Å²) in [5, 5.41) is 14.4. The van der Waals surface area contributed by atoms with E-state index in [2.05, 4.69) is 24.3 Å². The minimum atomic E-state index is -0.224. The second kappa shape index (κ2) is 4.12. The van der Waals surface area contributed by atoms with E-state index < -0.39 is 0 Å². The van der Waals surface area contributed by atoms with Crippen molar-refractivity contribution in [3.05, 3.63) is 0 Å². The van der Waals surface area contributed by atoms with Crippen LogP contribution in [0.4, 0.5) is 0 Å². The molecule has 112 valence electrons. The topological polar surface area (TPSA) is 87.7 Å². The Hall–Kier alpha value is -1.26. The van der Waals surface area contributed by atoms with Gasteiger partial charge in [0, 0.05) is 0 Å². The van der Waals surface area contributed by atoms with E-state index in [1.807, 2.05) is 0 Å². The van der Waals surface area contributed by atoms with Crippen LogP contribution in [0.15, 0.2) is 5.16 Å². The number of amidine groups is 1. The predicted octanol–water partition coefficient (Wildman–Crippen LogP) is 1.85. The van der Waals surface area contributed by atoms with E-state index in [0.29, 0.717) is 16.7 Å². The maximum absolute atomic E-state index is 12.7. The van der Waals surface area contributed by atoms with Crippen LogP contribution in [0.25, 0.3) is 0 Å². The van der Waals surface area contributed by atoms with E-state index in [1.165, 1.54) is 19.3 Å². The lowest BCUT2D eigenvalue weighted by Gasteiger charge is -2.64. The molecule has 4 saturated carbocycles. The largest absolute Gasteiger partial charge is 0.409 e. The molecule has 0 aliphatic heterocycles. The molecule has 2 atom stereocenters. The van der Waals surface area contributed by atoms with Crippen LogP contribution in [0.2, 0.25) is 0 Å². The highest BCUT2D eigenvalue weighted by Gasteiger charge is 2.62. The van der Waals surface area contributed by atoms with Gasteiger partial charge in [-0.15, -0.1) is 0 Å². The van der Waals surface area contributed by atoms with Crippen molar-refractivity contribution in [2.24, 2.45) is 33.1 Å². The van der Waals surface area contributed by atoms with Crippen molar-refractivity contribution in [2.75, 3.05) is 6.54 Å². The van der Waals surface area contributed by atoms with Crippen LogP contribution < -0.4 is 11.1 Å². The van der Waals surface area contributed by atoms with Gasteiger partial charge in [-0.25, -0.2) is 0 Å². The van der Waals surface area contributed by atoms with Crippen LogP contribution in [-0.4, -0.2) is 23.5 Å². The van der Waals surface area contributed by atoms with Crippen molar-refractivity contribution in [2.45, 2.75) is 52.4 Å². The standard InChI is InChI=1S/C15H25N3O2/c1-13-3-10-4-14(2,7-13)9-15(5-10,8-13)12(19)17-6-11(16)18-20/h10,20H,3-9H2,1-2H3,(H2,16,18)(H,17,19). The summed E-state index contributed by atoms with van der Waals surface area (Å²) in [6.45, 7) is 4.83. The zero-order valence-corrected chi connectivity index (χ0v) is 12.4. The number of hydrogen-bond donors (Lipinski definition) is 3. The van der Waals surface area contributed by atoms with Gasteiger partial charge < -0.3 is 16.3 Å². The average molecular weight is 279 g/mol. The van der Waals surface area contributed by atoms with Gasteiger partial charge in [-0.3, -0.25) is 4.79 Å². The molecule has 1 amide bonds. The van der Waals surface area contributed by atoms with E-state index in [1.54, 1.807) is 0 Å². The molecule has 4 aliphatic carbocycles. The second-order valence-electron chi connectivity index (χ2n) is 8.18. The number of carbonyl (C=O) groups is 1. The third kappa shape index (κ3) is 2.07. The maximum atomic E-state index is 12.7. The third-order valence-corrected chi connectivity index (χ3v) is 5.67. The van der Waals surface area contributed by atoms with Gasteiger partial charge in [0.15, 0.2) is 5.84 Å². The fraction of sp³-hybridized carbons (Fsp3) is 0.867. The van der Waals surface area contributed by atoms with Gasteiger partial charge >= 0.3 is 0 Å². The molecule has 0 saturated heterocycles. The predicted molar refractivity (Wildman–Crippen MR) is 76.3 cm³/mol. The number of carbonyl (C=O) groups excluding carboxylic acids is 1. The molecule has 0 heterocycles. The lowest BCUT2D eigenvalue weighted by atomic mass is 9.40. The fourth-order valence-electron chi connectivity index (χ4n) is 6.09. The Morgan fingerprint density at radius 2 is 1.85 bits per heavy atom. The van der Waals surface area contributed by atoms with E-state index >= 15 is 0 Å². The van der Waals surface area contributed by atoms with E-state index in [-0.39, 0.29) is 23.7 Å². The van der Waals surface area contributed by atoms with E-state index in [4.69, 9.17) is 10.9 Å². The number of nitrogens with zero attached hydrogens (tertiary/aromatic N) is 1. The monoisotopic (exact) mass is 279 g/mol. The molecular weight excluding hydrogens is 254 g/mol. The van der Waals surface area contributed by atoms with Crippen LogP contribution in [-0.2, 0) is 4.79 Å². The molecule has 0 aromatic carbocycles. The van der Waals surface area contributed by atoms with Gasteiger partial charge in [0.1, 0.15) is 0 Å². The summed E-state index contributed by atoms with van der Waals surface area (Å²) < 4.78 is 0. The van der Waals surface area contributed by atoms with Crippen molar-refractivity contribution in [1.82, 2.24) is 5.32 Å². The van der Waals surface area contributed by atoms with Gasteiger partial charge in [-0.2, -0.15) is 0 Å². The van der Waals surface area contributed by atoms with Crippen LogP contribution in [0.5, 0.6) is 0 Å². The summed E-state index contributed by atoms with van der Waals surface area (Å²) in [6, 6.07) is 0. The molecule has 4 aliphatic rings. The van der Waals surface area contributed by atoms with Gasteiger partial charge in [0.05, 0.1) is 12.0 Å². The number of nitrogens with one attached hydrogen (secondary N) is 1. The van der Waals surface area contributed by atoms with Crippen molar-refractivity contribution in [3.63, 3.8) is 0 Å². The normalized spacial score (nSPS) is 46.5. The minimum Gasteiger partial charge on any atom is -0.409 e. The lowest BCUT2D eigenvalue weighted by Crippen LogP contribution is -2.60. The summed E-state index contributed by atoms with van der Waals surface area (Å²) >= 11 is 0. The Kier molecular flexibility index (Phi) is 2.82. The molecule has 0 aromatic rings. The molecule has 0 radical (unpaired) electrons. The molecular formula is C15H25N3O2. The van der Waals surface area contributed by atoms with Gasteiger partial charge in [-0.1, -0.05) is 19.0 Å². The van der Waals surface area contributed by atoms with Crippen LogP contribution in [0.3, 0.4) is 0 Å². The van der Waals surface area contributed by atoms with Crippen molar-refractivity contribution >= 4 is 11.7 Å². The van der Waals surface area contributed by atoms with Gasteiger partial charge in [0.2, 0.25) is 5.91 Å². The zero-order chi connectivity index (χ0) is 14.6. The highest BCUT2D eigenvalue weighted by atomic mass is 16.4. The van der Waals surface area contributed by atoms with Crippen LogP contribution in [0.1, 0.15) is 52.4 Å². The Bertz CT molecular complexity index is 456.